The Kier molecular flexibility index (Phi) is 3.91. The van der Waals surface area contributed by atoms with Crippen LogP contribution < -0.4 is 0 Å². The minimum absolute atomic E-state index is 0.0666. The molecular weight excluding hydrogens is 201 g/mol. The van der Waals surface area contributed by atoms with E-state index in [0.29, 0.717) is 0 Å². The molecule has 1 heterocycles. The van der Waals surface area contributed by atoms with E-state index < -0.39 is 24.1 Å². The molecule has 0 saturated heterocycles. The maximum atomic E-state index is 12.6. The average Bonchev–Trinajstić information content (AvgIpc) is 2.18. The Hall–Kier alpha value is -1.78. The van der Waals surface area contributed by atoms with Crippen LogP contribution in [0.3, 0.4) is 0 Å². The van der Waals surface area contributed by atoms with Crippen LogP contribution in [-0.2, 0) is 9.53 Å². The minimum atomic E-state index is -0.746. The Morgan fingerprint density at radius 1 is 1.47 bits per heavy atom. The maximum Gasteiger partial charge on any atom is 0.313 e. The molecule has 0 unspecified atom stereocenters. The van der Waals surface area contributed by atoms with Gasteiger partial charge in [-0.3, -0.25) is 9.59 Å². The SMILES string of the molecule is CCOC(=O)CC(=O)c1cccc(F)n1. The Labute approximate surface area is 86.1 Å². The number of hydrogen-bond acceptors (Lipinski definition) is 4. The van der Waals surface area contributed by atoms with Crippen molar-refractivity contribution in [1.82, 2.24) is 4.98 Å². The third-order valence-corrected chi connectivity index (χ3v) is 1.61. The Morgan fingerprint density at radius 3 is 2.80 bits per heavy atom. The number of Topliss-reactive ketones (excluding diaryl/α,β-unsaturated/α-hetero) is 1. The van der Waals surface area contributed by atoms with Crippen molar-refractivity contribution in [2.45, 2.75) is 13.3 Å². The van der Waals surface area contributed by atoms with E-state index in [2.05, 4.69) is 9.72 Å². The van der Waals surface area contributed by atoms with Crippen LogP contribution in [0.5, 0.6) is 0 Å². The van der Waals surface area contributed by atoms with E-state index in [-0.39, 0.29) is 12.3 Å². The van der Waals surface area contributed by atoms with Crippen LogP contribution in [0.1, 0.15) is 23.8 Å². The molecule has 4 nitrogen and oxygen atoms in total. The second-order valence-electron chi connectivity index (χ2n) is 2.75. The quantitative estimate of drug-likeness (QED) is 0.326. The molecule has 0 spiro atoms. The second kappa shape index (κ2) is 5.19. The van der Waals surface area contributed by atoms with E-state index in [0.717, 1.165) is 6.07 Å². The number of ether oxygens (including phenoxy) is 1. The van der Waals surface area contributed by atoms with Crippen molar-refractivity contribution in [3.63, 3.8) is 0 Å². The molecular formula is C10H10FNO3. The second-order valence-corrected chi connectivity index (χ2v) is 2.75. The summed E-state index contributed by atoms with van der Waals surface area (Å²) in [5, 5.41) is 0. The van der Waals surface area contributed by atoms with Gasteiger partial charge in [-0.25, -0.2) is 4.98 Å². The number of rotatable bonds is 4. The molecule has 15 heavy (non-hydrogen) atoms. The van der Waals surface area contributed by atoms with E-state index in [9.17, 15) is 14.0 Å². The van der Waals surface area contributed by atoms with Crippen LogP contribution in [0.4, 0.5) is 4.39 Å². The topological polar surface area (TPSA) is 56.3 Å². The lowest BCUT2D eigenvalue weighted by molar-refractivity contribution is -0.141. The van der Waals surface area contributed by atoms with Crippen molar-refractivity contribution in [2.75, 3.05) is 6.61 Å². The summed E-state index contributed by atoms with van der Waals surface area (Å²) in [6.45, 7) is 1.85. The lowest BCUT2D eigenvalue weighted by Crippen LogP contribution is -2.12. The van der Waals surface area contributed by atoms with Crippen molar-refractivity contribution < 1.29 is 18.7 Å². The summed E-state index contributed by atoms with van der Waals surface area (Å²) in [6, 6.07) is 3.84. The highest BCUT2D eigenvalue weighted by atomic mass is 19.1. The predicted molar refractivity (Wildman–Crippen MR) is 49.8 cm³/mol. The smallest absolute Gasteiger partial charge is 0.313 e. The summed E-state index contributed by atoms with van der Waals surface area (Å²) in [5.41, 5.74) is -0.0666. The van der Waals surface area contributed by atoms with Gasteiger partial charge in [-0.2, -0.15) is 4.39 Å². The van der Waals surface area contributed by atoms with E-state index in [4.69, 9.17) is 0 Å². The van der Waals surface area contributed by atoms with Crippen LogP contribution in [0.15, 0.2) is 18.2 Å². The van der Waals surface area contributed by atoms with Crippen molar-refractivity contribution in [1.29, 1.82) is 0 Å². The van der Waals surface area contributed by atoms with E-state index >= 15 is 0 Å². The Bertz CT molecular complexity index is 379. The largest absolute Gasteiger partial charge is 0.466 e. The monoisotopic (exact) mass is 211 g/mol. The molecule has 0 amide bonds. The van der Waals surface area contributed by atoms with Crippen LogP contribution in [0.25, 0.3) is 0 Å². The predicted octanol–water partition coefficient (Wildman–Crippen LogP) is 1.36. The van der Waals surface area contributed by atoms with Gasteiger partial charge in [0.15, 0.2) is 5.78 Å². The molecule has 1 aromatic heterocycles. The van der Waals surface area contributed by atoms with Crippen LogP contribution in [-0.4, -0.2) is 23.3 Å². The third kappa shape index (κ3) is 3.46. The number of hydrogen-bond donors (Lipinski definition) is 0. The summed E-state index contributed by atoms with van der Waals surface area (Å²) in [6.07, 6.45) is -0.412. The molecule has 0 bridgehead atoms. The van der Waals surface area contributed by atoms with Gasteiger partial charge in [-0.05, 0) is 19.1 Å². The zero-order valence-corrected chi connectivity index (χ0v) is 8.20. The van der Waals surface area contributed by atoms with Gasteiger partial charge in [0.05, 0.1) is 6.61 Å². The van der Waals surface area contributed by atoms with Crippen molar-refractivity contribution in [3.05, 3.63) is 29.8 Å². The molecule has 5 heteroatoms. The first-order chi connectivity index (χ1) is 7.13. The number of ketones is 1. The molecule has 0 fully saturated rings. The molecule has 0 radical (unpaired) electrons. The number of nitrogens with zero attached hydrogens (tertiary/aromatic N) is 1. The lowest BCUT2D eigenvalue weighted by atomic mass is 10.2. The van der Waals surface area contributed by atoms with Gasteiger partial charge < -0.3 is 4.74 Å². The maximum absolute atomic E-state index is 12.6. The number of halogens is 1. The van der Waals surface area contributed by atoms with E-state index in [1.54, 1.807) is 6.92 Å². The Balaban J connectivity index is 2.65. The standard InChI is InChI=1S/C10H10FNO3/c1-2-15-10(14)6-8(13)7-4-3-5-9(11)12-7/h3-5H,2,6H2,1H3. The van der Waals surface area contributed by atoms with Crippen molar-refractivity contribution in [2.24, 2.45) is 0 Å². The summed E-state index contributed by atoms with van der Waals surface area (Å²) in [7, 11) is 0. The van der Waals surface area contributed by atoms with Gasteiger partial charge in [0.1, 0.15) is 12.1 Å². The fourth-order valence-electron chi connectivity index (χ4n) is 0.997. The molecule has 80 valence electrons. The normalized spacial score (nSPS) is 9.73. The molecule has 0 saturated carbocycles. The summed E-state index contributed by atoms with van der Waals surface area (Å²) >= 11 is 0. The molecule has 0 N–H and O–H groups in total. The van der Waals surface area contributed by atoms with Gasteiger partial charge in [0.2, 0.25) is 5.95 Å². The fraction of sp³-hybridized carbons (Fsp3) is 0.300. The van der Waals surface area contributed by atoms with Crippen molar-refractivity contribution in [3.8, 4) is 0 Å². The first-order valence-corrected chi connectivity index (χ1v) is 4.45. The summed E-state index contributed by atoms with van der Waals surface area (Å²) in [4.78, 5) is 25.7. The lowest BCUT2D eigenvalue weighted by Gasteiger charge is -2.00. The van der Waals surface area contributed by atoms with E-state index in [1.807, 2.05) is 0 Å². The zero-order chi connectivity index (χ0) is 11.3. The number of esters is 1. The Morgan fingerprint density at radius 2 is 2.20 bits per heavy atom. The first kappa shape index (κ1) is 11.3. The van der Waals surface area contributed by atoms with Crippen LogP contribution in [0, 0.1) is 5.95 Å². The van der Waals surface area contributed by atoms with Crippen LogP contribution >= 0.6 is 0 Å². The molecule has 0 atom stereocenters. The first-order valence-electron chi connectivity index (χ1n) is 4.45. The summed E-state index contributed by atoms with van der Waals surface area (Å²) < 4.78 is 17.2. The highest BCUT2D eigenvalue weighted by molar-refractivity contribution is 6.04. The molecule has 1 aromatic rings. The number of carbonyl (C=O) groups excluding carboxylic acids is 2. The molecule has 0 aliphatic rings. The fourth-order valence-corrected chi connectivity index (χ4v) is 0.997. The van der Waals surface area contributed by atoms with Crippen molar-refractivity contribution >= 4 is 11.8 Å². The minimum Gasteiger partial charge on any atom is -0.466 e. The van der Waals surface area contributed by atoms with E-state index in [1.165, 1.54) is 12.1 Å². The zero-order valence-electron chi connectivity index (χ0n) is 8.20. The molecule has 0 aliphatic carbocycles. The highest BCUT2D eigenvalue weighted by Crippen LogP contribution is 2.02. The number of pyridine rings is 1. The van der Waals surface area contributed by atoms with Gasteiger partial charge in [0, 0.05) is 0 Å². The molecule has 0 aliphatic heterocycles. The molecule has 0 aromatic carbocycles. The van der Waals surface area contributed by atoms with Gasteiger partial charge in [-0.15, -0.1) is 0 Å². The van der Waals surface area contributed by atoms with Gasteiger partial charge >= 0.3 is 5.97 Å². The highest BCUT2D eigenvalue weighted by Gasteiger charge is 2.13. The van der Waals surface area contributed by atoms with Crippen LogP contribution in [0.2, 0.25) is 0 Å². The van der Waals surface area contributed by atoms with Gasteiger partial charge in [0.25, 0.3) is 0 Å². The third-order valence-electron chi connectivity index (χ3n) is 1.61. The van der Waals surface area contributed by atoms with Gasteiger partial charge in [-0.1, -0.05) is 6.07 Å². The number of carbonyl (C=O) groups is 2. The average molecular weight is 211 g/mol. The molecule has 1 rings (SSSR count). The summed E-state index contributed by atoms with van der Waals surface area (Å²) in [5.74, 6) is -1.92. The number of aromatic nitrogens is 1.